The largest absolute Gasteiger partial charge is 0.367 e. The van der Waals surface area contributed by atoms with Crippen molar-refractivity contribution in [3.63, 3.8) is 0 Å². The van der Waals surface area contributed by atoms with Crippen molar-refractivity contribution in [2.75, 3.05) is 11.4 Å². The van der Waals surface area contributed by atoms with Gasteiger partial charge in [0, 0.05) is 18.8 Å². The predicted octanol–water partition coefficient (Wildman–Crippen LogP) is 3.37. The van der Waals surface area contributed by atoms with Gasteiger partial charge in [-0.15, -0.1) is 0 Å². The van der Waals surface area contributed by atoms with Gasteiger partial charge in [0.25, 0.3) is 0 Å². The molecule has 0 radical (unpaired) electrons. The summed E-state index contributed by atoms with van der Waals surface area (Å²) in [5, 5.41) is 0. The van der Waals surface area contributed by atoms with E-state index in [-0.39, 0.29) is 0 Å². The number of hydrogen-bond donors (Lipinski definition) is 0. The quantitative estimate of drug-likeness (QED) is 0.756. The molecule has 0 saturated heterocycles. The van der Waals surface area contributed by atoms with E-state index in [0.29, 0.717) is 12.0 Å². The number of aromatic nitrogens is 1. The summed E-state index contributed by atoms with van der Waals surface area (Å²) >= 11 is 0. The Bertz CT molecular complexity index is 369. The highest BCUT2D eigenvalue weighted by atomic mass is 15.2. The third-order valence-electron chi connectivity index (χ3n) is 3.34. The van der Waals surface area contributed by atoms with Crippen LogP contribution in [0.3, 0.4) is 0 Å². The standard InChI is InChI=1S/C14H22N2/c1-10(2)13-14-12(7-8-15-13)6-5-9-16(14)11(3)4/h7-8,10-11H,5-6,9H2,1-4H3. The molecule has 2 heteroatoms. The molecule has 0 saturated carbocycles. The minimum Gasteiger partial charge on any atom is -0.367 e. The number of anilines is 1. The fraction of sp³-hybridized carbons (Fsp3) is 0.643. The van der Waals surface area contributed by atoms with E-state index in [0.717, 1.165) is 0 Å². The molecule has 0 aliphatic carbocycles. The maximum absolute atomic E-state index is 4.58. The summed E-state index contributed by atoms with van der Waals surface area (Å²) in [6, 6.07) is 2.76. The molecular formula is C14H22N2. The van der Waals surface area contributed by atoms with Gasteiger partial charge in [-0.1, -0.05) is 13.8 Å². The van der Waals surface area contributed by atoms with Gasteiger partial charge < -0.3 is 4.90 Å². The van der Waals surface area contributed by atoms with Gasteiger partial charge >= 0.3 is 0 Å². The lowest BCUT2D eigenvalue weighted by molar-refractivity contribution is 0.614. The minimum absolute atomic E-state index is 0.509. The van der Waals surface area contributed by atoms with E-state index in [2.05, 4.69) is 43.6 Å². The lowest BCUT2D eigenvalue weighted by Gasteiger charge is -2.36. The molecule has 0 amide bonds. The average Bonchev–Trinajstić information content (AvgIpc) is 2.27. The molecule has 0 aromatic carbocycles. The lowest BCUT2D eigenvalue weighted by Crippen LogP contribution is -2.36. The van der Waals surface area contributed by atoms with E-state index in [1.54, 1.807) is 0 Å². The first-order valence-electron chi connectivity index (χ1n) is 6.35. The number of nitrogens with zero attached hydrogens (tertiary/aromatic N) is 2. The predicted molar refractivity (Wildman–Crippen MR) is 69.1 cm³/mol. The van der Waals surface area contributed by atoms with Gasteiger partial charge in [-0.3, -0.25) is 4.98 Å². The Morgan fingerprint density at radius 1 is 1.25 bits per heavy atom. The smallest absolute Gasteiger partial charge is 0.0664 e. The summed E-state index contributed by atoms with van der Waals surface area (Å²) in [6.45, 7) is 10.2. The Kier molecular flexibility index (Phi) is 3.17. The molecule has 16 heavy (non-hydrogen) atoms. The van der Waals surface area contributed by atoms with Gasteiger partial charge in [0.1, 0.15) is 0 Å². The molecule has 1 aliphatic heterocycles. The molecule has 1 aromatic rings. The van der Waals surface area contributed by atoms with Crippen LogP contribution in [0, 0.1) is 0 Å². The molecule has 0 bridgehead atoms. The fourth-order valence-electron chi connectivity index (χ4n) is 2.54. The van der Waals surface area contributed by atoms with Crippen molar-refractivity contribution in [2.45, 2.75) is 52.5 Å². The number of rotatable bonds is 2. The van der Waals surface area contributed by atoms with Crippen LogP contribution in [0.15, 0.2) is 12.3 Å². The molecular weight excluding hydrogens is 196 g/mol. The molecule has 2 heterocycles. The zero-order chi connectivity index (χ0) is 11.7. The van der Waals surface area contributed by atoms with Gasteiger partial charge in [0.15, 0.2) is 0 Å². The third-order valence-corrected chi connectivity index (χ3v) is 3.34. The molecule has 0 fully saturated rings. The van der Waals surface area contributed by atoms with Crippen LogP contribution in [0.2, 0.25) is 0 Å². The van der Waals surface area contributed by atoms with Crippen molar-refractivity contribution >= 4 is 5.69 Å². The first kappa shape index (κ1) is 11.4. The Balaban J connectivity index is 2.51. The molecule has 1 aromatic heterocycles. The number of pyridine rings is 1. The van der Waals surface area contributed by atoms with Crippen molar-refractivity contribution in [3.05, 3.63) is 23.5 Å². The highest BCUT2D eigenvalue weighted by Gasteiger charge is 2.23. The lowest BCUT2D eigenvalue weighted by atomic mass is 9.96. The van der Waals surface area contributed by atoms with E-state index in [1.165, 1.54) is 36.3 Å². The Hall–Kier alpha value is -1.05. The second kappa shape index (κ2) is 4.44. The number of aryl methyl sites for hydroxylation is 1. The van der Waals surface area contributed by atoms with Crippen LogP contribution in [0.5, 0.6) is 0 Å². The van der Waals surface area contributed by atoms with E-state index < -0.39 is 0 Å². The maximum Gasteiger partial charge on any atom is 0.0664 e. The molecule has 2 rings (SSSR count). The van der Waals surface area contributed by atoms with Crippen LogP contribution >= 0.6 is 0 Å². The monoisotopic (exact) mass is 218 g/mol. The topological polar surface area (TPSA) is 16.1 Å². The van der Waals surface area contributed by atoms with Gasteiger partial charge in [0.05, 0.1) is 11.4 Å². The molecule has 0 spiro atoms. The van der Waals surface area contributed by atoms with Crippen molar-refractivity contribution in [3.8, 4) is 0 Å². The molecule has 0 N–H and O–H groups in total. The van der Waals surface area contributed by atoms with E-state index in [9.17, 15) is 0 Å². The first-order chi connectivity index (χ1) is 7.61. The second-order valence-electron chi connectivity index (χ2n) is 5.25. The van der Waals surface area contributed by atoms with E-state index >= 15 is 0 Å². The fourth-order valence-corrected chi connectivity index (χ4v) is 2.54. The number of hydrogen-bond acceptors (Lipinski definition) is 2. The summed E-state index contributed by atoms with van der Waals surface area (Å²) in [4.78, 5) is 7.10. The highest BCUT2D eigenvalue weighted by Crippen LogP contribution is 2.34. The molecule has 2 nitrogen and oxygen atoms in total. The van der Waals surface area contributed by atoms with Gasteiger partial charge in [0.2, 0.25) is 0 Å². The third kappa shape index (κ3) is 1.93. The van der Waals surface area contributed by atoms with Crippen LogP contribution in [0.1, 0.15) is 51.3 Å². The van der Waals surface area contributed by atoms with Gasteiger partial charge in [-0.2, -0.15) is 0 Å². The van der Waals surface area contributed by atoms with Gasteiger partial charge in [-0.05, 0) is 44.2 Å². The van der Waals surface area contributed by atoms with Crippen molar-refractivity contribution < 1.29 is 0 Å². The first-order valence-corrected chi connectivity index (χ1v) is 6.35. The highest BCUT2D eigenvalue weighted by molar-refractivity contribution is 5.60. The zero-order valence-corrected chi connectivity index (χ0v) is 10.8. The van der Waals surface area contributed by atoms with Crippen LogP contribution in [-0.2, 0) is 6.42 Å². The molecule has 88 valence electrons. The minimum atomic E-state index is 0.509. The summed E-state index contributed by atoms with van der Waals surface area (Å²) in [6.07, 6.45) is 4.45. The summed E-state index contributed by atoms with van der Waals surface area (Å²) in [5.74, 6) is 0.509. The normalized spacial score (nSPS) is 15.8. The SMILES string of the molecule is CC(C)c1nccc2c1N(C(C)C)CCC2. The van der Waals surface area contributed by atoms with E-state index in [1.807, 2.05) is 6.20 Å². The van der Waals surface area contributed by atoms with Crippen LogP contribution in [0.4, 0.5) is 5.69 Å². The second-order valence-corrected chi connectivity index (χ2v) is 5.25. The Labute approximate surface area is 98.7 Å². The van der Waals surface area contributed by atoms with Crippen molar-refractivity contribution in [1.82, 2.24) is 4.98 Å². The Morgan fingerprint density at radius 2 is 2.00 bits per heavy atom. The van der Waals surface area contributed by atoms with Crippen molar-refractivity contribution in [1.29, 1.82) is 0 Å². The van der Waals surface area contributed by atoms with Crippen LogP contribution in [0.25, 0.3) is 0 Å². The maximum atomic E-state index is 4.58. The molecule has 0 unspecified atom stereocenters. The Morgan fingerprint density at radius 3 is 2.62 bits per heavy atom. The van der Waals surface area contributed by atoms with Crippen LogP contribution in [-0.4, -0.2) is 17.6 Å². The van der Waals surface area contributed by atoms with Crippen molar-refractivity contribution in [2.24, 2.45) is 0 Å². The van der Waals surface area contributed by atoms with Gasteiger partial charge in [-0.25, -0.2) is 0 Å². The zero-order valence-electron chi connectivity index (χ0n) is 10.8. The van der Waals surface area contributed by atoms with E-state index in [4.69, 9.17) is 0 Å². The molecule has 1 aliphatic rings. The van der Waals surface area contributed by atoms with Crippen LogP contribution < -0.4 is 4.90 Å². The summed E-state index contributed by atoms with van der Waals surface area (Å²) in [5.41, 5.74) is 4.17. The number of fused-ring (bicyclic) bond motifs is 1. The average molecular weight is 218 g/mol. The summed E-state index contributed by atoms with van der Waals surface area (Å²) < 4.78 is 0. The summed E-state index contributed by atoms with van der Waals surface area (Å²) in [7, 11) is 0. The molecule has 0 atom stereocenters.